The van der Waals surface area contributed by atoms with Crippen LogP contribution >= 0.6 is 0 Å². The van der Waals surface area contributed by atoms with Crippen molar-refractivity contribution < 1.29 is 14.4 Å². The highest BCUT2D eigenvalue weighted by Gasteiger charge is 2.34. The lowest BCUT2D eigenvalue weighted by Crippen LogP contribution is -2.50. The molecule has 1 aromatic rings. The summed E-state index contributed by atoms with van der Waals surface area (Å²) in [6.45, 7) is 6.05. The molecule has 88 valence electrons. The number of likely N-dealkylation sites (tertiary alicyclic amines) is 1. The first-order valence-electron chi connectivity index (χ1n) is 5.43. The topological polar surface area (TPSA) is 66.6 Å². The lowest BCUT2D eigenvalue weighted by molar-refractivity contribution is -0.145. The van der Waals surface area contributed by atoms with Crippen LogP contribution in [0.4, 0.5) is 0 Å². The lowest BCUT2D eigenvalue weighted by atomic mass is 9.87. The van der Waals surface area contributed by atoms with Gasteiger partial charge in [-0.25, -0.2) is 0 Å². The number of nitrogens with zero attached hydrogens (tertiary/aromatic N) is 2. The van der Waals surface area contributed by atoms with Crippen LogP contribution in [0.15, 0.2) is 10.6 Å². The highest BCUT2D eigenvalue weighted by molar-refractivity contribution is 5.70. The standard InChI is InChI=1S/C11H16N2O3/c1-7-3-10(12-16-7)6-13-4-9(5-13)8(2)11(14)15/h3,8-9H,4-6H2,1-2H3,(H,14,15). The molecule has 0 bridgehead atoms. The lowest BCUT2D eigenvalue weighted by Gasteiger charge is -2.40. The van der Waals surface area contributed by atoms with Gasteiger partial charge in [0.2, 0.25) is 0 Å². The van der Waals surface area contributed by atoms with Crippen LogP contribution in [0.25, 0.3) is 0 Å². The molecule has 0 radical (unpaired) electrons. The summed E-state index contributed by atoms with van der Waals surface area (Å²) in [6, 6.07) is 1.91. The van der Waals surface area contributed by atoms with Crippen molar-refractivity contribution in [2.45, 2.75) is 20.4 Å². The molecule has 0 saturated carbocycles. The second kappa shape index (κ2) is 4.25. The van der Waals surface area contributed by atoms with Crippen LogP contribution in [-0.4, -0.2) is 34.2 Å². The molecule has 1 aliphatic heterocycles. The van der Waals surface area contributed by atoms with Gasteiger partial charge in [-0.05, 0) is 12.8 Å². The maximum absolute atomic E-state index is 10.8. The molecule has 1 fully saturated rings. The SMILES string of the molecule is Cc1cc(CN2CC(C(C)C(=O)O)C2)no1. The molecule has 1 N–H and O–H groups in total. The van der Waals surface area contributed by atoms with E-state index in [9.17, 15) is 4.79 Å². The van der Waals surface area contributed by atoms with E-state index in [2.05, 4.69) is 10.1 Å². The molecule has 1 aromatic heterocycles. The van der Waals surface area contributed by atoms with Gasteiger partial charge in [0.1, 0.15) is 5.76 Å². The Bertz CT molecular complexity index is 382. The molecule has 0 aliphatic carbocycles. The number of aryl methyl sites for hydroxylation is 1. The predicted molar refractivity (Wildman–Crippen MR) is 56.8 cm³/mol. The van der Waals surface area contributed by atoms with Crippen LogP contribution in [0.2, 0.25) is 0 Å². The molecule has 2 rings (SSSR count). The number of carbonyl (C=O) groups is 1. The van der Waals surface area contributed by atoms with E-state index >= 15 is 0 Å². The van der Waals surface area contributed by atoms with Gasteiger partial charge in [0.05, 0.1) is 11.6 Å². The third kappa shape index (κ3) is 2.24. The minimum Gasteiger partial charge on any atom is -0.481 e. The second-order valence-electron chi connectivity index (χ2n) is 4.51. The van der Waals surface area contributed by atoms with Gasteiger partial charge in [0.15, 0.2) is 0 Å². The van der Waals surface area contributed by atoms with Crippen molar-refractivity contribution in [3.05, 3.63) is 17.5 Å². The summed E-state index contributed by atoms with van der Waals surface area (Å²) in [5.41, 5.74) is 0.916. The largest absolute Gasteiger partial charge is 0.481 e. The zero-order valence-corrected chi connectivity index (χ0v) is 9.51. The number of carboxylic acid groups (broad SMARTS) is 1. The molecule has 0 spiro atoms. The van der Waals surface area contributed by atoms with Crippen LogP contribution in [0, 0.1) is 18.8 Å². The number of hydrogen-bond acceptors (Lipinski definition) is 4. The summed E-state index contributed by atoms with van der Waals surface area (Å²) in [6.07, 6.45) is 0. The molecular weight excluding hydrogens is 208 g/mol. The number of carboxylic acids is 1. The number of hydrogen-bond donors (Lipinski definition) is 1. The summed E-state index contributed by atoms with van der Waals surface area (Å²) in [5.74, 6) is 0.119. The van der Waals surface area contributed by atoms with Gasteiger partial charge in [-0.3, -0.25) is 9.69 Å². The van der Waals surface area contributed by atoms with Crippen LogP contribution in [0.5, 0.6) is 0 Å². The Kier molecular flexibility index (Phi) is 2.96. The molecular formula is C11H16N2O3. The molecule has 2 heterocycles. The Morgan fingerprint density at radius 1 is 1.75 bits per heavy atom. The fraction of sp³-hybridized carbons (Fsp3) is 0.636. The Balaban J connectivity index is 1.79. The molecule has 1 saturated heterocycles. The van der Waals surface area contributed by atoms with Gasteiger partial charge in [0, 0.05) is 25.7 Å². The van der Waals surface area contributed by atoms with E-state index in [-0.39, 0.29) is 11.8 Å². The van der Waals surface area contributed by atoms with E-state index in [1.165, 1.54) is 0 Å². The fourth-order valence-electron chi connectivity index (χ4n) is 1.98. The molecule has 16 heavy (non-hydrogen) atoms. The van der Waals surface area contributed by atoms with Crippen molar-refractivity contribution in [1.82, 2.24) is 10.1 Å². The Morgan fingerprint density at radius 2 is 2.44 bits per heavy atom. The maximum atomic E-state index is 10.8. The van der Waals surface area contributed by atoms with Gasteiger partial charge in [-0.1, -0.05) is 12.1 Å². The molecule has 0 amide bonds. The first kappa shape index (κ1) is 11.1. The monoisotopic (exact) mass is 224 g/mol. The molecule has 5 heteroatoms. The number of rotatable bonds is 4. The molecule has 0 aromatic carbocycles. The first-order chi connectivity index (χ1) is 7.56. The Labute approximate surface area is 94.0 Å². The highest BCUT2D eigenvalue weighted by atomic mass is 16.5. The minimum atomic E-state index is -0.707. The third-order valence-electron chi connectivity index (χ3n) is 3.14. The second-order valence-corrected chi connectivity index (χ2v) is 4.51. The summed E-state index contributed by atoms with van der Waals surface area (Å²) >= 11 is 0. The Morgan fingerprint density at radius 3 is 2.94 bits per heavy atom. The molecule has 1 atom stereocenters. The Hall–Kier alpha value is -1.36. The quantitative estimate of drug-likeness (QED) is 0.830. The van der Waals surface area contributed by atoms with Crippen molar-refractivity contribution in [3.63, 3.8) is 0 Å². The smallest absolute Gasteiger partial charge is 0.306 e. The van der Waals surface area contributed by atoms with Gasteiger partial charge >= 0.3 is 5.97 Å². The summed E-state index contributed by atoms with van der Waals surface area (Å²) in [7, 11) is 0. The summed E-state index contributed by atoms with van der Waals surface area (Å²) in [5, 5.41) is 12.8. The molecule has 5 nitrogen and oxygen atoms in total. The average Bonchev–Trinajstić information content (AvgIpc) is 2.56. The van der Waals surface area contributed by atoms with E-state index in [1.54, 1.807) is 6.92 Å². The number of aromatic nitrogens is 1. The van der Waals surface area contributed by atoms with E-state index < -0.39 is 5.97 Å². The summed E-state index contributed by atoms with van der Waals surface area (Å²) < 4.78 is 4.98. The van der Waals surface area contributed by atoms with Crippen molar-refractivity contribution in [3.8, 4) is 0 Å². The minimum absolute atomic E-state index is 0.254. The third-order valence-corrected chi connectivity index (χ3v) is 3.14. The zero-order valence-electron chi connectivity index (χ0n) is 9.51. The van der Waals surface area contributed by atoms with Gasteiger partial charge < -0.3 is 9.63 Å². The highest BCUT2D eigenvalue weighted by Crippen LogP contribution is 2.25. The summed E-state index contributed by atoms with van der Waals surface area (Å²) in [4.78, 5) is 12.9. The maximum Gasteiger partial charge on any atom is 0.306 e. The van der Waals surface area contributed by atoms with E-state index in [0.29, 0.717) is 0 Å². The molecule has 1 aliphatic rings. The van der Waals surface area contributed by atoms with Gasteiger partial charge in [0.25, 0.3) is 0 Å². The zero-order chi connectivity index (χ0) is 11.7. The van der Waals surface area contributed by atoms with Gasteiger partial charge in [-0.15, -0.1) is 0 Å². The van der Waals surface area contributed by atoms with Crippen molar-refractivity contribution in [2.24, 2.45) is 11.8 Å². The van der Waals surface area contributed by atoms with Crippen LogP contribution in [0.3, 0.4) is 0 Å². The first-order valence-corrected chi connectivity index (χ1v) is 5.43. The molecule has 1 unspecified atom stereocenters. The van der Waals surface area contributed by atoms with Crippen molar-refractivity contribution in [2.75, 3.05) is 13.1 Å². The fourth-order valence-corrected chi connectivity index (χ4v) is 1.98. The van der Waals surface area contributed by atoms with E-state index in [1.807, 2.05) is 13.0 Å². The predicted octanol–water partition coefficient (Wildman–Crippen LogP) is 1.14. The van der Waals surface area contributed by atoms with Gasteiger partial charge in [-0.2, -0.15) is 0 Å². The van der Waals surface area contributed by atoms with Crippen LogP contribution in [0.1, 0.15) is 18.4 Å². The van der Waals surface area contributed by atoms with Crippen LogP contribution in [-0.2, 0) is 11.3 Å². The average molecular weight is 224 g/mol. The normalized spacial score (nSPS) is 19.4. The van der Waals surface area contributed by atoms with Crippen molar-refractivity contribution >= 4 is 5.97 Å². The van der Waals surface area contributed by atoms with Crippen LogP contribution < -0.4 is 0 Å². The van der Waals surface area contributed by atoms with Crippen molar-refractivity contribution in [1.29, 1.82) is 0 Å². The van der Waals surface area contributed by atoms with E-state index in [4.69, 9.17) is 9.63 Å². The van der Waals surface area contributed by atoms with E-state index in [0.717, 1.165) is 31.1 Å². The number of aliphatic carboxylic acids is 1.